The maximum atomic E-state index is 13.5. The molecule has 8 heteroatoms. The first-order valence-electron chi connectivity index (χ1n) is 10.9. The van der Waals surface area contributed by atoms with E-state index in [1.165, 1.54) is 12.8 Å². The van der Waals surface area contributed by atoms with E-state index in [1.807, 2.05) is 13.8 Å². The zero-order valence-corrected chi connectivity index (χ0v) is 18.7. The van der Waals surface area contributed by atoms with Gasteiger partial charge in [-0.15, -0.1) is 0 Å². The van der Waals surface area contributed by atoms with Crippen LogP contribution in [0.5, 0.6) is 0 Å². The molecule has 0 bridgehead atoms. The molecule has 1 aliphatic carbocycles. The molecule has 0 unspecified atom stereocenters. The molecule has 4 rings (SSSR count). The van der Waals surface area contributed by atoms with Gasteiger partial charge in [0.25, 0.3) is 0 Å². The number of hydrogen-bond acceptors (Lipinski definition) is 6. The minimum absolute atomic E-state index is 0.140. The molecule has 3 aliphatic rings. The van der Waals surface area contributed by atoms with Gasteiger partial charge in [0.15, 0.2) is 0 Å². The predicted molar refractivity (Wildman–Crippen MR) is 114 cm³/mol. The zero-order valence-electron chi connectivity index (χ0n) is 17.9. The minimum atomic E-state index is -3.58. The molecule has 7 nitrogen and oxygen atoms in total. The second-order valence-electron chi connectivity index (χ2n) is 9.09. The van der Waals surface area contributed by atoms with Crippen LogP contribution in [0.1, 0.15) is 44.6 Å². The van der Waals surface area contributed by atoms with Crippen molar-refractivity contribution in [1.82, 2.24) is 14.2 Å². The highest BCUT2D eigenvalue weighted by molar-refractivity contribution is 7.89. The number of nitrogens with zero attached hydrogens (tertiary/aromatic N) is 3. The van der Waals surface area contributed by atoms with E-state index in [2.05, 4.69) is 22.2 Å². The van der Waals surface area contributed by atoms with Crippen LogP contribution in [0.25, 0.3) is 0 Å². The number of anilines is 1. The van der Waals surface area contributed by atoms with Gasteiger partial charge >= 0.3 is 0 Å². The summed E-state index contributed by atoms with van der Waals surface area (Å²) in [5.41, 5.74) is 1.14. The Balaban J connectivity index is 1.49. The lowest BCUT2D eigenvalue weighted by Crippen LogP contribution is -2.49. The Labute approximate surface area is 174 Å². The molecule has 162 valence electrons. The molecule has 3 fully saturated rings. The average Bonchev–Trinajstić information content (AvgIpc) is 3.41. The smallest absolute Gasteiger partial charge is 0.246 e. The lowest BCUT2D eigenvalue weighted by molar-refractivity contribution is 0.0565. The number of sulfonamides is 1. The maximum absolute atomic E-state index is 13.5. The van der Waals surface area contributed by atoms with Crippen LogP contribution in [-0.4, -0.2) is 74.6 Å². The summed E-state index contributed by atoms with van der Waals surface area (Å²) in [4.78, 5) is 7.12. The third-order valence-corrected chi connectivity index (χ3v) is 8.59. The second-order valence-corrected chi connectivity index (χ2v) is 11.0. The molecule has 0 amide bonds. The molecule has 1 N–H and O–H groups in total. The largest absolute Gasteiger partial charge is 0.376 e. The van der Waals surface area contributed by atoms with Crippen LogP contribution in [0, 0.1) is 12.3 Å². The van der Waals surface area contributed by atoms with Gasteiger partial charge in [-0.3, -0.25) is 0 Å². The van der Waals surface area contributed by atoms with E-state index in [0.717, 1.165) is 37.9 Å². The molecule has 1 spiro atoms. The van der Waals surface area contributed by atoms with Gasteiger partial charge < -0.3 is 15.0 Å². The molecule has 0 radical (unpaired) electrons. The third kappa shape index (κ3) is 4.45. The SMILES string of the molecule is CCO[C@@H]1C[C@H]1Nc1ncc(C)cc1S(=O)(=O)N1CCC2(CCCN(C)C2)CC1. The van der Waals surface area contributed by atoms with Crippen LogP contribution >= 0.6 is 0 Å². The lowest BCUT2D eigenvalue weighted by Gasteiger charge is -2.46. The van der Waals surface area contributed by atoms with Gasteiger partial charge in [0.2, 0.25) is 10.0 Å². The van der Waals surface area contributed by atoms with Crippen molar-refractivity contribution >= 4 is 15.8 Å². The van der Waals surface area contributed by atoms with Crippen LogP contribution in [0.2, 0.25) is 0 Å². The van der Waals surface area contributed by atoms with Crippen molar-refractivity contribution in [3.63, 3.8) is 0 Å². The van der Waals surface area contributed by atoms with E-state index in [9.17, 15) is 8.42 Å². The normalized spacial score (nSPS) is 27.8. The fourth-order valence-electron chi connectivity index (χ4n) is 4.95. The summed E-state index contributed by atoms with van der Waals surface area (Å²) in [7, 11) is -1.40. The van der Waals surface area contributed by atoms with Gasteiger partial charge in [0, 0.05) is 32.4 Å². The van der Waals surface area contributed by atoms with Crippen LogP contribution < -0.4 is 5.32 Å². The summed E-state index contributed by atoms with van der Waals surface area (Å²) in [6, 6.07) is 1.89. The fraction of sp³-hybridized carbons (Fsp3) is 0.762. The van der Waals surface area contributed by atoms with Crippen LogP contribution in [0.15, 0.2) is 17.2 Å². The first-order chi connectivity index (χ1) is 13.8. The van der Waals surface area contributed by atoms with Gasteiger partial charge in [0.05, 0.1) is 12.1 Å². The van der Waals surface area contributed by atoms with E-state index in [1.54, 1.807) is 16.6 Å². The molecular weight excluding hydrogens is 388 g/mol. The molecule has 1 saturated carbocycles. The first-order valence-corrected chi connectivity index (χ1v) is 12.3. The molecule has 0 aromatic carbocycles. The minimum Gasteiger partial charge on any atom is -0.376 e. The Bertz CT molecular complexity index is 836. The average molecular weight is 423 g/mol. The quantitative estimate of drug-likeness (QED) is 0.759. The molecular formula is C21H34N4O3S. The molecule has 3 heterocycles. The van der Waals surface area contributed by atoms with Crippen LogP contribution in [-0.2, 0) is 14.8 Å². The molecule has 2 atom stereocenters. The lowest BCUT2D eigenvalue weighted by atomic mass is 9.73. The van der Waals surface area contributed by atoms with Crippen molar-refractivity contribution in [2.24, 2.45) is 5.41 Å². The van der Waals surface area contributed by atoms with Gasteiger partial charge in [-0.1, -0.05) is 0 Å². The Morgan fingerprint density at radius 2 is 2.03 bits per heavy atom. The number of hydrogen-bond donors (Lipinski definition) is 1. The van der Waals surface area contributed by atoms with Crippen molar-refractivity contribution in [3.8, 4) is 0 Å². The number of pyridine rings is 1. The number of aromatic nitrogens is 1. The van der Waals surface area contributed by atoms with Crippen LogP contribution in [0.4, 0.5) is 5.82 Å². The topological polar surface area (TPSA) is 74.8 Å². The fourth-order valence-corrected chi connectivity index (χ4v) is 6.58. The predicted octanol–water partition coefficient (Wildman–Crippen LogP) is 2.48. The summed E-state index contributed by atoms with van der Waals surface area (Å²) in [5, 5.41) is 3.31. The highest BCUT2D eigenvalue weighted by atomic mass is 32.2. The van der Waals surface area contributed by atoms with Crippen molar-refractivity contribution in [2.45, 2.75) is 63.0 Å². The molecule has 1 aromatic rings. The monoisotopic (exact) mass is 422 g/mol. The van der Waals surface area contributed by atoms with E-state index in [0.29, 0.717) is 30.4 Å². The van der Waals surface area contributed by atoms with E-state index in [4.69, 9.17) is 4.74 Å². The molecule has 1 aromatic heterocycles. The maximum Gasteiger partial charge on any atom is 0.246 e. The molecule has 2 saturated heterocycles. The zero-order chi connectivity index (χ0) is 20.6. The number of piperidine rings is 2. The number of nitrogens with one attached hydrogen (secondary N) is 1. The summed E-state index contributed by atoms with van der Waals surface area (Å²) in [6.07, 6.45) is 7.06. The summed E-state index contributed by atoms with van der Waals surface area (Å²) >= 11 is 0. The first kappa shape index (κ1) is 21.0. The summed E-state index contributed by atoms with van der Waals surface area (Å²) in [5.74, 6) is 0.459. The second kappa shape index (κ2) is 8.13. The van der Waals surface area contributed by atoms with Crippen molar-refractivity contribution in [2.75, 3.05) is 45.2 Å². The van der Waals surface area contributed by atoms with Crippen molar-refractivity contribution < 1.29 is 13.2 Å². The standard InChI is InChI=1S/C21H34N4O3S/c1-4-28-18-13-17(18)23-20-19(12-16(2)14-22-20)29(26,27)25-10-7-21(8-11-25)6-5-9-24(3)15-21/h12,14,17-18H,4-11,13,15H2,1-3H3,(H,22,23)/t17-,18-/m1/s1. The van der Waals surface area contributed by atoms with E-state index < -0.39 is 10.0 Å². The highest BCUT2D eigenvalue weighted by Gasteiger charge is 2.42. The Morgan fingerprint density at radius 3 is 2.72 bits per heavy atom. The Kier molecular flexibility index (Phi) is 5.90. The van der Waals surface area contributed by atoms with Gasteiger partial charge in [-0.05, 0) is 76.6 Å². The summed E-state index contributed by atoms with van der Waals surface area (Å²) < 4.78 is 34.3. The molecule has 2 aliphatic heterocycles. The third-order valence-electron chi connectivity index (χ3n) is 6.68. The van der Waals surface area contributed by atoms with Gasteiger partial charge in [0.1, 0.15) is 10.7 Å². The number of ether oxygens (including phenoxy) is 1. The number of rotatable bonds is 6. The van der Waals surface area contributed by atoms with Crippen LogP contribution in [0.3, 0.4) is 0 Å². The van der Waals surface area contributed by atoms with Gasteiger partial charge in [-0.2, -0.15) is 4.31 Å². The highest BCUT2D eigenvalue weighted by Crippen LogP contribution is 2.41. The van der Waals surface area contributed by atoms with Crippen molar-refractivity contribution in [3.05, 3.63) is 17.8 Å². The number of aryl methyl sites for hydroxylation is 1. The Hall–Kier alpha value is -1.22. The van der Waals surface area contributed by atoms with Crippen molar-refractivity contribution in [1.29, 1.82) is 0 Å². The Morgan fingerprint density at radius 1 is 1.28 bits per heavy atom. The van der Waals surface area contributed by atoms with Gasteiger partial charge in [-0.25, -0.2) is 13.4 Å². The summed E-state index contributed by atoms with van der Waals surface area (Å²) in [6.45, 7) is 7.95. The van der Waals surface area contributed by atoms with E-state index >= 15 is 0 Å². The van der Waals surface area contributed by atoms with E-state index in [-0.39, 0.29) is 17.6 Å². The molecule has 29 heavy (non-hydrogen) atoms. The number of likely N-dealkylation sites (tertiary alicyclic amines) is 1.